The van der Waals surface area contributed by atoms with Crippen LogP contribution >= 0.6 is 12.4 Å². The second-order valence-electron chi connectivity index (χ2n) is 3.96. The molecule has 0 aromatic heterocycles. The Labute approximate surface area is 80.7 Å². The summed E-state index contributed by atoms with van der Waals surface area (Å²) in [5.74, 6) is 1.69. The van der Waals surface area contributed by atoms with E-state index in [1.54, 1.807) is 0 Å². The summed E-state index contributed by atoms with van der Waals surface area (Å²) in [6.45, 7) is 2.06. The van der Waals surface area contributed by atoms with Crippen LogP contribution in [0.15, 0.2) is 0 Å². The molecule has 0 spiro atoms. The fraction of sp³-hybridized carbons (Fsp3) is 1.00. The van der Waals surface area contributed by atoms with Crippen LogP contribution in [-0.2, 0) is 0 Å². The van der Waals surface area contributed by atoms with Gasteiger partial charge < -0.3 is 11.1 Å². The van der Waals surface area contributed by atoms with Gasteiger partial charge in [-0.25, -0.2) is 0 Å². The van der Waals surface area contributed by atoms with Gasteiger partial charge in [0.15, 0.2) is 0 Å². The molecule has 3 unspecified atom stereocenters. The molecule has 2 nitrogen and oxygen atoms in total. The molecule has 12 heavy (non-hydrogen) atoms. The van der Waals surface area contributed by atoms with Gasteiger partial charge in [0.25, 0.3) is 0 Å². The number of hydrogen-bond acceptors (Lipinski definition) is 2. The molecule has 1 aliphatic heterocycles. The quantitative estimate of drug-likeness (QED) is 0.651. The van der Waals surface area contributed by atoms with Gasteiger partial charge in [-0.3, -0.25) is 0 Å². The van der Waals surface area contributed by atoms with Crippen molar-refractivity contribution in [3.05, 3.63) is 0 Å². The number of fused-ring (bicyclic) bond motifs is 1. The highest BCUT2D eigenvalue weighted by atomic mass is 35.5. The van der Waals surface area contributed by atoms with Crippen LogP contribution in [0.2, 0.25) is 0 Å². The minimum atomic E-state index is 0. The van der Waals surface area contributed by atoms with Gasteiger partial charge in [0.05, 0.1) is 0 Å². The van der Waals surface area contributed by atoms with Crippen LogP contribution in [0.25, 0.3) is 0 Å². The average Bonchev–Trinajstić information content (AvgIpc) is 2.47. The average molecular weight is 191 g/mol. The molecule has 0 aromatic rings. The Morgan fingerprint density at radius 2 is 2.00 bits per heavy atom. The smallest absolute Gasteiger partial charge is 0.00990 e. The van der Waals surface area contributed by atoms with Crippen molar-refractivity contribution in [1.29, 1.82) is 0 Å². The summed E-state index contributed by atoms with van der Waals surface area (Å²) in [6, 6.07) is 0.817. The molecular formula is C9H19ClN2. The Bertz CT molecular complexity index is 134. The van der Waals surface area contributed by atoms with Crippen LogP contribution < -0.4 is 11.1 Å². The summed E-state index contributed by atoms with van der Waals surface area (Å²) < 4.78 is 0. The second kappa shape index (κ2) is 4.45. The van der Waals surface area contributed by atoms with E-state index >= 15 is 0 Å². The second-order valence-corrected chi connectivity index (χ2v) is 3.96. The molecule has 1 aliphatic carbocycles. The van der Waals surface area contributed by atoms with Crippen LogP contribution in [0.4, 0.5) is 0 Å². The number of hydrogen-bond donors (Lipinski definition) is 2. The lowest BCUT2D eigenvalue weighted by Gasteiger charge is -2.27. The highest BCUT2D eigenvalue weighted by Gasteiger charge is 2.35. The van der Waals surface area contributed by atoms with Crippen LogP contribution in [0, 0.1) is 11.8 Å². The van der Waals surface area contributed by atoms with E-state index in [9.17, 15) is 0 Å². The zero-order chi connectivity index (χ0) is 7.68. The molecule has 0 radical (unpaired) electrons. The van der Waals surface area contributed by atoms with Crippen molar-refractivity contribution >= 4 is 12.4 Å². The molecule has 3 heteroatoms. The molecule has 0 bridgehead atoms. The standard InChI is InChI=1S/C9H18N2.ClH/c10-5-7-6-11-9-4-2-1-3-8(7)9;/h7-9,11H,1-6,10H2;1H. The van der Waals surface area contributed by atoms with Crippen LogP contribution in [0.5, 0.6) is 0 Å². The van der Waals surface area contributed by atoms with E-state index in [0.29, 0.717) is 0 Å². The number of rotatable bonds is 1. The molecular weight excluding hydrogens is 172 g/mol. The van der Waals surface area contributed by atoms with E-state index in [0.717, 1.165) is 24.4 Å². The Kier molecular flexibility index (Phi) is 3.81. The third-order valence-electron chi connectivity index (χ3n) is 3.37. The highest BCUT2D eigenvalue weighted by molar-refractivity contribution is 5.85. The molecule has 1 saturated carbocycles. The minimum Gasteiger partial charge on any atom is -0.330 e. The topological polar surface area (TPSA) is 38.0 Å². The lowest BCUT2D eigenvalue weighted by molar-refractivity contribution is 0.278. The van der Waals surface area contributed by atoms with Gasteiger partial charge in [0.1, 0.15) is 0 Å². The van der Waals surface area contributed by atoms with E-state index in [1.807, 2.05) is 0 Å². The summed E-state index contributed by atoms with van der Waals surface area (Å²) in [5.41, 5.74) is 5.70. The summed E-state index contributed by atoms with van der Waals surface area (Å²) in [6.07, 6.45) is 5.66. The first-order valence-corrected chi connectivity index (χ1v) is 4.85. The predicted molar refractivity (Wildman–Crippen MR) is 53.5 cm³/mol. The zero-order valence-electron chi connectivity index (χ0n) is 7.46. The maximum absolute atomic E-state index is 5.70. The van der Waals surface area contributed by atoms with E-state index in [2.05, 4.69) is 5.32 Å². The van der Waals surface area contributed by atoms with Crippen LogP contribution in [0.3, 0.4) is 0 Å². The maximum atomic E-state index is 5.70. The summed E-state index contributed by atoms with van der Waals surface area (Å²) in [4.78, 5) is 0. The van der Waals surface area contributed by atoms with Gasteiger partial charge in [-0.1, -0.05) is 12.8 Å². The summed E-state index contributed by atoms with van der Waals surface area (Å²) in [7, 11) is 0. The first-order chi connectivity index (χ1) is 5.42. The van der Waals surface area contributed by atoms with Gasteiger partial charge in [-0.05, 0) is 37.8 Å². The van der Waals surface area contributed by atoms with Crippen molar-refractivity contribution in [2.24, 2.45) is 17.6 Å². The normalized spacial score (nSPS) is 40.2. The van der Waals surface area contributed by atoms with Gasteiger partial charge in [-0.2, -0.15) is 0 Å². The molecule has 1 heterocycles. The van der Waals surface area contributed by atoms with E-state index in [4.69, 9.17) is 5.73 Å². The Balaban J connectivity index is 0.000000720. The fourth-order valence-corrected chi connectivity index (χ4v) is 2.69. The predicted octanol–water partition coefficient (Wildman–Crippen LogP) is 1.15. The van der Waals surface area contributed by atoms with Crippen molar-refractivity contribution in [3.63, 3.8) is 0 Å². The molecule has 2 rings (SSSR count). The molecule has 72 valence electrons. The SMILES string of the molecule is Cl.NCC1CNC2CCCCC12. The lowest BCUT2D eigenvalue weighted by atomic mass is 9.80. The highest BCUT2D eigenvalue weighted by Crippen LogP contribution is 2.33. The summed E-state index contributed by atoms with van der Waals surface area (Å²) >= 11 is 0. The third kappa shape index (κ3) is 1.76. The van der Waals surface area contributed by atoms with E-state index < -0.39 is 0 Å². The first-order valence-electron chi connectivity index (χ1n) is 4.85. The third-order valence-corrected chi connectivity index (χ3v) is 3.37. The molecule has 0 aromatic carbocycles. The Morgan fingerprint density at radius 1 is 1.25 bits per heavy atom. The van der Waals surface area contributed by atoms with Gasteiger partial charge in [-0.15, -0.1) is 12.4 Å². The number of nitrogens with one attached hydrogen (secondary N) is 1. The van der Waals surface area contributed by atoms with E-state index in [1.165, 1.54) is 32.2 Å². The minimum absolute atomic E-state index is 0. The Morgan fingerprint density at radius 3 is 2.75 bits per heavy atom. The molecule has 0 amide bonds. The maximum Gasteiger partial charge on any atom is 0.00990 e. The first kappa shape index (κ1) is 10.3. The molecule has 1 saturated heterocycles. The molecule has 2 fully saturated rings. The summed E-state index contributed by atoms with van der Waals surface area (Å²) in [5, 5.41) is 3.58. The van der Waals surface area contributed by atoms with Crippen LogP contribution in [-0.4, -0.2) is 19.1 Å². The van der Waals surface area contributed by atoms with Gasteiger partial charge in [0.2, 0.25) is 0 Å². The van der Waals surface area contributed by atoms with Crippen molar-refractivity contribution in [2.45, 2.75) is 31.7 Å². The largest absolute Gasteiger partial charge is 0.330 e. The zero-order valence-corrected chi connectivity index (χ0v) is 8.28. The van der Waals surface area contributed by atoms with Gasteiger partial charge in [0, 0.05) is 6.04 Å². The Hall–Kier alpha value is 0.210. The van der Waals surface area contributed by atoms with Crippen molar-refractivity contribution in [2.75, 3.05) is 13.1 Å². The fourth-order valence-electron chi connectivity index (χ4n) is 2.69. The molecule has 2 aliphatic rings. The van der Waals surface area contributed by atoms with Crippen molar-refractivity contribution < 1.29 is 0 Å². The van der Waals surface area contributed by atoms with Crippen molar-refractivity contribution in [3.8, 4) is 0 Å². The molecule has 3 atom stereocenters. The lowest BCUT2D eigenvalue weighted by Crippen LogP contribution is -2.31. The molecule has 3 N–H and O–H groups in total. The van der Waals surface area contributed by atoms with Gasteiger partial charge >= 0.3 is 0 Å². The number of nitrogens with two attached hydrogens (primary N) is 1. The van der Waals surface area contributed by atoms with Crippen LogP contribution in [0.1, 0.15) is 25.7 Å². The number of halogens is 1. The van der Waals surface area contributed by atoms with E-state index in [-0.39, 0.29) is 12.4 Å². The monoisotopic (exact) mass is 190 g/mol. The van der Waals surface area contributed by atoms with Crippen molar-refractivity contribution in [1.82, 2.24) is 5.32 Å².